The molecule has 0 radical (unpaired) electrons. The summed E-state index contributed by atoms with van der Waals surface area (Å²) in [6.07, 6.45) is 0.135. The first-order valence-electron chi connectivity index (χ1n) is 6.52. The molecule has 0 aliphatic heterocycles. The second kappa shape index (κ2) is 6.52. The number of aliphatic hydroxyl groups excluding tert-OH is 1. The first-order valence-corrected chi connectivity index (χ1v) is 6.90. The molecule has 2 rings (SSSR count). The number of aliphatic hydroxyl groups is 1. The predicted molar refractivity (Wildman–Crippen MR) is 79.3 cm³/mol. The van der Waals surface area contributed by atoms with Crippen molar-refractivity contribution in [2.24, 2.45) is 5.73 Å². The molecule has 1 atom stereocenters. The van der Waals surface area contributed by atoms with Gasteiger partial charge in [-0.1, -0.05) is 35.9 Å². The van der Waals surface area contributed by atoms with Gasteiger partial charge in [0, 0.05) is 12.0 Å². The van der Waals surface area contributed by atoms with Crippen molar-refractivity contribution in [1.82, 2.24) is 0 Å². The van der Waals surface area contributed by atoms with E-state index < -0.39 is 17.0 Å². The number of hydrogen-bond acceptors (Lipinski definition) is 2. The highest BCUT2D eigenvalue weighted by molar-refractivity contribution is 6.30. The van der Waals surface area contributed by atoms with Gasteiger partial charge >= 0.3 is 0 Å². The Labute approximate surface area is 127 Å². The van der Waals surface area contributed by atoms with Crippen LogP contribution in [0.15, 0.2) is 42.5 Å². The normalized spacial score (nSPS) is 14.0. The molecule has 0 aliphatic carbocycles. The number of rotatable bonds is 5. The Morgan fingerprint density at radius 3 is 2.48 bits per heavy atom. The van der Waals surface area contributed by atoms with Gasteiger partial charge in [0.25, 0.3) is 0 Å². The largest absolute Gasteiger partial charge is 0.395 e. The minimum absolute atomic E-state index is 0.00982. The van der Waals surface area contributed by atoms with Crippen LogP contribution in [0.4, 0.5) is 8.78 Å². The fraction of sp³-hybridized carbons (Fsp3) is 0.250. The molecular formula is C16H16ClF2NO. The van der Waals surface area contributed by atoms with E-state index in [1.807, 2.05) is 0 Å². The maximum Gasteiger partial charge on any atom is 0.145 e. The summed E-state index contributed by atoms with van der Waals surface area (Å²) in [5, 5.41) is 9.79. The SMILES string of the molecule is NCC(CO)(Cc1cccc(Cl)c1F)c1cccc(F)c1. The zero-order valence-electron chi connectivity index (χ0n) is 11.3. The summed E-state index contributed by atoms with van der Waals surface area (Å²) in [6.45, 7) is -0.266. The van der Waals surface area contributed by atoms with E-state index in [2.05, 4.69) is 0 Å². The van der Waals surface area contributed by atoms with Gasteiger partial charge in [-0.25, -0.2) is 8.78 Å². The first kappa shape index (κ1) is 15.9. The molecule has 0 amide bonds. The molecule has 112 valence electrons. The Bertz CT molecular complexity index is 629. The van der Waals surface area contributed by atoms with Gasteiger partial charge in [0.1, 0.15) is 11.6 Å². The zero-order chi connectivity index (χ0) is 15.5. The number of halogens is 3. The van der Waals surface area contributed by atoms with Gasteiger partial charge in [-0.15, -0.1) is 0 Å². The van der Waals surface area contributed by atoms with E-state index in [9.17, 15) is 13.9 Å². The third-order valence-electron chi connectivity index (χ3n) is 3.69. The Hall–Kier alpha value is -1.49. The summed E-state index contributed by atoms with van der Waals surface area (Å²) in [4.78, 5) is 0. The smallest absolute Gasteiger partial charge is 0.145 e. The summed E-state index contributed by atoms with van der Waals surface area (Å²) >= 11 is 5.77. The first-order chi connectivity index (χ1) is 10.0. The lowest BCUT2D eigenvalue weighted by Gasteiger charge is -2.31. The van der Waals surface area contributed by atoms with Crippen LogP contribution in [0.3, 0.4) is 0 Å². The Morgan fingerprint density at radius 2 is 1.86 bits per heavy atom. The van der Waals surface area contributed by atoms with Crippen LogP contribution in [-0.4, -0.2) is 18.3 Å². The molecule has 0 heterocycles. The van der Waals surface area contributed by atoms with Crippen LogP contribution >= 0.6 is 11.6 Å². The highest BCUT2D eigenvalue weighted by Gasteiger charge is 2.32. The lowest BCUT2D eigenvalue weighted by atomic mass is 9.76. The van der Waals surface area contributed by atoms with E-state index in [0.717, 1.165) is 0 Å². The van der Waals surface area contributed by atoms with Crippen LogP contribution in [0.2, 0.25) is 5.02 Å². The van der Waals surface area contributed by atoms with Crippen molar-refractivity contribution in [3.05, 3.63) is 70.2 Å². The molecule has 0 bridgehead atoms. The third-order valence-corrected chi connectivity index (χ3v) is 3.98. The molecule has 0 saturated carbocycles. The predicted octanol–water partition coefficient (Wildman–Crippen LogP) is 3.05. The zero-order valence-corrected chi connectivity index (χ0v) is 12.1. The van der Waals surface area contributed by atoms with Gasteiger partial charge in [-0.05, 0) is 35.7 Å². The summed E-state index contributed by atoms with van der Waals surface area (Å²) in [7, 11) is 0. The molecule has 2 aromatic rings. The van der Waals surface area contributed by atoms with Gasteiger partial charge in [0.15, 0.2) is 0 Å². The summed E-state index contributed by atoms with van der Waals surface area (Å²) in [5.41, 5.74) is 5.72. The fourth-order valence-corrected chi connectivity index (χ4v) is 2.57. The highest BCUT2D eigenvalue weighted by atomic mass is 35.5. The molecule has 0 saturated heterocycles. The van der Waals surface area contributed by atoms with Crippen molar-refractivity contribution < 1.29 is 13.9 Å². The van der Waals surface area contributed by atoms with Gasteiger partial charge in [-0.2, -0.15) is 0 Å². The quantitative estimate of drug-likeness (QED) is 0.891. The standard InChI is InChI=1S/C16H16ClF2NO/c17-14-6-1-3-11(15(14)19)8-16(9-20,10-21)12-4-2-5-13(18)7-12/h1-7,21H,8-10,20H2. The Balaban J connectivity index is 2.45. The maximum absolute atomic E-state index is 14.1. The van der Waals surface area contributed by atoms with E-state index in [1.54, 1.807) is 24.3 Å². The molecule has 1 unspecified atom stereocenters. The Morgan fingerprint density at radius 1 is 1.14 bits per heavy atom. The van der Waals surface area contributed by atoms with E-state index in [1.165, 1.54) is 18.2 Å². The number of benzene rings is 2. The molecule has 21 heavy (non-hydrogen) atoms. The van der Waals surface area contributed by atoms with Gasteiger partial charge in [0.05, 0.1) is 11.6 Å². The minimum atomic E-state index is -0.951. The van der Waals surface area contributed by atoms with Crippen LogP contribution in [0.5, 0.6) is 0 Å². The van der Waals surface area contributed by atoms with Crippen molar-refractivity contribution in [2.75, 3.05) is 13.2 Å². The second-order valence-electron chi connectivity index (χ2n) is 5.04. The average Bonchev–Trinajstić information content (AvgIpc) is 2.49. The van der Waals surface area contributed by atoms with Crippen molar-refractivity contribution in [3.63, 3.8) is 0 Å². The molecule has 2 nitrogen and oxygen atoms in total. The number of nitrogens with two attached hydrogens (primary N) is 1. The maximum atomic E-state index is 14.1. The topological polar surface area (TPSA) is 46.2 Å². The molecule has 2 aromatic carbocycles. The van der Waals surface area contributed by atoms with Crippen molar-refractivity contribution in [1.29, 1.82) is 0 Å². The molecule has 0 aliphatic rings. The summed E-state index contributed by atoms with van der Waals surface area (Å²) in [6, 6.07) is 10.5. The number of hydrogen-bond donors (Lipinski definition) is 2. The lowest BCUT2D eigenvalue weighted by Crippen LogP contribution is -2.41. The highest BCUT2D eigenvalue weighted by Crippen LogP contribution is 2.30. The van der Waals surface area contributed by atoms with Gasteiger partial charge in [-0.3, -0.25) is 0 Å². The van der Waals surface area contributed by atoms with Crippen LogP contribution in [0.1, 0.15) is 11.1 Å². The van der Waals surface area contributed by atoms with E-state index in [0.29, 0.717) is 11.1 Å². The van der Waals surface area contributed by atoms with Crippen molar-refractivity contribution in [3.8, 4) is 0 Å². The van der Waals surface area contributed by atoms with Crippen LogP contribution in [0, 0.1) is 11.6 Å². The van der Waals surface area contributed by atoms with E-state index >= 15 is 0 Å². The Kier molecular flexibility index (Phi) is 4.93. The second-order valence-corrected chi connectivity index (χ2v) is 5.45. The molecule has 3 N–H and O–H groups in total. The minimum Gasteiger partial charge on any atom is -0.395 e. The lowest BCUT2D eigenvalue weighted by molar-refractivity contribution is 0.195. The molecule has 0 fully saturated rings. The third kappa shape index (κ3) is 3.23. The van der Waals surface area contributed by atoms with E-state index in [-0.39, 0.29) is 24.6 Å². The van der Waals surface area contributed by atoms with Crippen LogP contribution < -0.4 is 5.73 Å². The molecular weight excluding hydrogens is 296 g/mol. The monoisotopic (exact) mass is 311 g/mol. The van der Waals surface area contributed by atoms with Gasteiger partial charge < -0.3 is 10.8 Å². The van der Waals surface area contributed by atoms with Crippen LogP contribution in [0.25, 0.3) is 0 Å². The molecule has 0 spiro atoms. The van der Waals surface area contributed by atoms with E-state index in [4.69, 9.17) is 17.3 Å². The van der Waals surface area contributed by atoms with Crippen molar-refractivity contribution in [2.45, 2.75) is 11.8 Å². The van der Waals surface area contributed by atoms with Crippen molar-refractivity contribution >= 4 is 11.6 Å². The average molecular weight is 312 g/mol. The summed E-state index contributed by atoms with van der Waals surface area (Å²) < 4.78 is 27.5. The molecule has 5 heteroatoms. The van der Waals surface area contributed by atoms with Crippen LogP contribution in [-0.2, 0) is 11.8 Å². The van der Waals surface area contributed by atoms with Gasteiger partial charge in [0.2, 0.25) is 0 Å². The summed E-state index contributed by atoms with van der Waals surface area (Å²) in [5.74, 6) is -0.966. The molecule has 0 aromatic heterocycles. The fourth-order valence-electron chi connectivity index (χ4n) is 2.37.